The summed E-state index contributed by atoms with van der Waals surface area (Å²) in [5.41, 5.74) is 6.51. The van der Waals surface area contributed by atoms with Crippen molar-refractivity contribution in [3.8, 4) is 0 Å². The minimum absolute atomic E-state index is 0.0427. The van der Waals surface area contributed by atoms with Crippen molar-refractivity contribution in [2.75, 3.05) is 5.73 Å². The van der Waals surface area contributed by atoms with E-state index in [2.05, 4.69) is 9.71 Å². The van der Waals surface area contributed by atoms with Gasteiger partial charge in [-0.25, -0.2) is 13.1 Å². The van der Waals surface area contributed by atoms with E-state index < -0.39 is 16.1 Å². The lowest BCUT2D eigenvalue weighted by Gasteiger charge is -2.16. The van der Waals surface area contributed by atoms with Crippen LogP contribution in [0.25, 0.3) is 0 Å². The van der Waals surface area contributed by atoms with Crippen LogP contribution in [-0.4, -0.2) is 13.4 Å². The molecule has 7 heteroatoms. The number of hydrogen-bond acceptors (Lipinski definition) is 4. The van der Waals surface area contributed by atoms with Crippen LogP contribution in [0.5, 0.6) is 0 Å². The van der Waals surface area contributed by atoms with Gasteiger partial charge >= 0.3 is 0 Å². The third-order valence-corrected chi connectivity index (χ3v) is 4.74. The summed E-state index contributed by atoms with van der Waals surface area (Å²) in [6.07, 6.45) is 2.66. The lowest BCUT2D eigenvalue weighted by molar-refractivity contribution is 0.567. The van der Waals surface area contributed by atoms with Crippen molar-refractivity contribution in [1.82, 2.24) is 9.71 Å². The van der Waals surface area contributed by atoms with Gasteiger partial charge in [-0.1, -0.05) is 29.8 Å². The highest BCUT2D eigenvalue weighted by Gasteiger charge is 2.21. The van der Waals surface area contributed by atoms with E-state index in [1.54, 1.807) is 31.2 Å². The van der Waals surface area contributed by atoms with Gasteiger partial charge in [0, 0.05) is 23.5 Å². The number of hydrogen-bond donors (Lipinski definition) is 2. The van der Waals surface area contributed by atoms with Crippen molar-refractivity contribution in [1.29, 1.82) is 0 Å². The standard InChI is InChI=1S/C13H14ClN3O2S/c1-9(10-4-2-3-5-11(10)14)17-20(18,19)13-8-16-7-6-12(13)15/h2-9,17H,1H3,(H2,15,16). The molecule has 5 nitrogen and oxygen atoms in total. The first kappa shape index (κ1) is 14.8. The largest absolute Gasteiger partial charge is 0.398 e. The zero-order valence-electron chi connectivity index (χ0n) is 10.7. The Balaban J connectivity index is 2.30. The molecular formula is C13H14ClN3O2S. The maximum Gasteiger partial charge on any atom is 0.244 e. The molecule has 0 aliphatic heterocycles. The summed E-state index contributed by atoms with van der Waals surface area (Å²) >= 11 is 6.05. The number of nitrogens with one attached hydrogen (secondary N) is 1. The first-order chi connectivity index (χ1) is 9.42. The number of pyridine rings is 1. The van der Waals surface area contributed by atoms with E-state index >= 15 is 0 Å². The summed E-state index contributed by atoms with van der Waals surface area (Å²) in [6.45, 7) is 1.71. The number of anilines is 1. The third-order valence-electron chi connectivity index (χ3n) is 2.81. The van der Waals surface area contributed by atoms with Crippen LogP contribution >= 0.6 is 11.6 Å². The van der Waals surface area contributed by atoms with Gasteiger partial charge in [0.25, 0.3) is 0 Å². The topological polar surface area (TPSA) is 85.1 Å². The van der Waals surface area contributed by atoms with Gasteiger partial charge in [-0.2, -0.15) is 0 Å². The van der Waals surface area contributed by atoms with Gasteiger partial charge in [0.05, 0.1) is 5.69 Å². The van der Waals surface area contributed by atoms with E-state index in [9.17, 15) is 8.42 Å². The van der Waals surface area contributed by atoms with Crippen molar-refractivity contribution in [2.24, 2.45) is 0 Å². The van der Waals surface area contributed by atoms with Crippen LogP contribution in [0.2, 0.25) is 5.02 Å². The smallest absolute Gasteiger partial charge is 0.244 e. The Morgan fingerprint density at radius 1 is 1.30 bits per heavy atom. The maximum absolute atomic E-state index is 12.3. The van der Waals surface area contributed by atoms with Gasteiger partial charge in [-0.3, -0.25) is 4.98 Å². The number of halogens is 1. The zero-order valence-corrected chi connectivity index (χ0v) is 12.3. The molecule has 1 atom stereocenters. The normalized spacial score (nSPS) is 13.1. The zero-order chi connectivity index (χ0) is 14.8. The molecule has 0 saturated carbocycles. The van der Waals surface area contributed by atoms with Crippen molar-refractivity contribution in [3.05, 3.63) is 53.3 Å². The minimum atomic E-state index is -3.75. The van der Waals surface area contributed by atoms with Gasteiger partial charge < -0.3 is 5.73 Å². The molecule has 0 radical (unpaired) electrons. The molecule has 0 aliphatic rings. The van der Waals surface area contributed by atoms with Crippen LogP contribution in [0.15, 0.2) is 47.6 Å². The number of nitrogen functional groups attached to an aromatic ring is 1. The second-order valence-corrected chi connectivity index (χ2v) is 6.37. The van der Waals surface area contributed by atoms with E-state index in [1.165, 1.54) is 18.5 Å². The number of aromatic nitrogens is 1. The average Bonchev–Trinajstić information content (AvgIpc) is 2.38. The summed E-state index contributed by atoms with van der Waals surface area (Å²) in [4.78, 5) is 3.74. The third kappa shape index (κ3) is 3.09. The predicted octanol–water partition coefficient (Wildman–Crippen LogP) is 2.36. The van der Waals surface area contributed by atoms with E-state index in [4.69, 9.17) is 17.3 Å². The molecule has 20 heavy (non-hydrogen) atoms. The summed E-state index contributed by atoms with van der Waals surface area (Å²) in [5.74, 6) is 0. The minimum Gasteiger partial charge on any atom is -0.398 e. The highest BCUT2D eigenvalue weighted by Crippen LogP contribution is 2.25. The van der Waals surface area contributed by atoms with Crippen molar-refractivity contribution < 1.29 is 8.42 Å². The summed E-state index contributed by atoms with van der Waals surface area (Å²) in [5, 5.41) is 0.502. The fraction of sp³-hybridized carbons (Fsp3) is 0.154. The van der Waals surface area contributed by atoms with E-state index in [1.807, 2.05) is 0 Å². The van der Waals surface area contributed by atoms with Crippen molar-refractivity contribution >= 4 is 27.3 Å². The number of sulfonamides is 1. The Labute approximate surface area is 122 Å². The molecule has 1 aromatic carbocycles. The van der Waals surface area contributed by atoms with Crippen molar-refractivity contribution in [2.45, 2.75) is 17.9 Å². The predicted molar refractivity (Wildman–Crippen MR) is 78.8 cm³/mol. The quantitative estimate of drug-likeness (QED) is 0.907. The van der Waals surface area contributed by atoms with Crippen LogP contribution in [-0.2, 0) is 10.0 Å². The molecule has 2 rings (SSSR count). The average molecular weight is 312 g/mol. The molecule has 1 aromatic heterocycles. The van der Waals surface area contributed by atoms with E-state index in [0.29, 0.717) is 10.6 Å². The van der Waals surface area contributed by atoms with E-state index in [0.717, 1.165) is 0 Å². The van der Waals surface area contributed by atoms with Gasteiger partial charge in [-0.15, -0.1) is 0 Å². The molecule has 2 aromatic rings. The van der Waals surface area contributed by atoms with Gasteiger partial charge in [0.1, 0.15) is 4.90 Å². The molecule has 0 amide bonds. The molecule has 1 heterocycles. The Kier molecular flexibility index (Phi) is 4.27. The second-order valence-electron chi connectivity index (χ2n) is 4.28. The second kappa shape index (κ2) is 5.78. The molecule has 0 bridgehead atoms. The van der Waals surface area contributed by atoms with Gasteiger partial charge in [-0.05, 0) is 24.6 Å². The monoisotopic (exact) mass is 311 g/mol. The number of rotatable bonds is 4. The molecule has 0 fully saturated rings. The van der Waals surface area contributed by atoms with E-state index in [-0.39, 0.29) is 10.6 Å². The Bertz CT molecular complexity index is 719. The molecule has 0 spiro atoms. The molecule has 1 unspecified atom stereocenters. The summed E-state index contributed by atoms with van der Waals surface area (Å²) in [7, 11) is -3.75. The SMILES string of the molecule is CC(NS(=O)(=O)c1cnccc1N)c1ccccc1Cl. The van der Waals surface area contributed by atoms with Crippen LogP contribution in [0, 0.1) is 0 Å². The molecule has 0 aliphatic carbocycles. The first-order valence-electron chi connectivity index (χ1n) is 5.88. The first-order valence-corrected chi connectivity index (χ1v) is 7.74. The summed E-state index contributed by atoms with van der Waals surface area (Å²) in [6, 6.07) is 8.02. The fourth-order valence-corrected chi connectivity index (χ4v) is 3.40. The number of nitrogens with two attached hydrogens (primary N) is 1. The molecule has 0 saturated heterocycles. The van der Waals surface area contributed by atoms with Crippen LogP contribution in [0.1, 0.15) is 18.5 Å². The fourth-order valence-electron chi connectivity index (χ4n) is 1.80. The number of benzene rings is 1. The van der Waals surface area contributed by atoms with Gasteiger partial charge in [0.15, 0.2) is 0 Å². The lowest BCUT2D eigenvalue weighted by Crippen LogP contribution is -2.27. The van der Waals surface area contributed by atoms with Gasteiger partial charge in [0.2, 0.25) is 10.0 Å². The highest BCUT2D eigenvalue weighted by atomic mass is 35.5. The lowest BCUT2D eigenvalue weighted by atomic mass is 10.1. The Morgan fingerprint density at radius 3 is 2.65 bits per heavy atom. The van der Waals surface area contributed by atoms with Crippen LogP contribution in [0.3, 0.4) is 0 Å². The molecular weight excluding hydrogens is 298 g/mol. The summed E-state index contributed by atoms with van der Waals surface area (Å²) < 4.78 is 27.1. The van der Waals surface area contributed by atoms with Crippen LogP contribution in [0.4, 0.5) is 5.69 Å². The van der Waals surface area contributed by atoms with Crippen molar-refractivity contribution in [3.63, 3.8) is 0 Å². The Hall–Kier alpha value is -1.63. The number of nitrogens with zero attached hydrogens (tertiary/aromatic N) is 1. The van der Waals surface area contributed by atoms with Crippen LogP contribution < -0.4 is 10.5 Å². The maximum atomic E-state index is 12.3. The highest BCUT2D eigenvalue weighted by molar-refractivity contribution is 7.89. The Morgan fingerprint density at radius 2 is 2.00 bits per heavy atom. The molecule has 106 valence electrons. The molecule has 3 N–H and O–H groups in total.